The van der Waals surface area contributed by atoms with Gasteiger partial charge in [-0.2, -0.15) is 0 Å². The first-order valence-corrected chi connectivity index (χ1v) is 9.49. The zero-order valence-electron chi connectivity index (χ0n) is 12.1. The lowest BCUT2D eigenvalue weighted by molar-refractivity contribution is -0.117. The quantitative estimate of drug-likeness (QED) is 0.774. The van der Waals surface area contributed by atoms with E-state index in [-0.39, 0.29) is 23.5 Å². The van der Waals surface area contributed by atoms with E-state index >= 15 is 0 Å². The molecule has 2 rings (SSSR count). The molecule has 0 atom stereocenters. The Kier molecular flexibility index (Phi) is 4.35. The van der Waals surface area contributed by atoms with E-state index in [9.17, 15) is 13.2 Å². The number of benzene rings is 1. The summed E-state index contributed by atoms with van der Waals surface area (Å²) < 4.78 is 23.7. The molecule has 0 saturated heterocycles. The van der Waals surface area contributed by atoms with Gasteiger partial charge in [0.25, 0.3) is 0 Å². The van der Waals surface area contributed by atoms with Gasteiger partial charge < -0.3 is 11.1 Å². The molecule has 0 spiro atoms. The van der Waals surface area contributed by atoms with Crippen molar-refractivity contribution in [3.63, 3.8) is 0 Å². The van der Waals surface area contributed by atoms with E-state index < -0.39 is 9.84 Å². The van der Waals surface area contributed by atoms with Crippen molar-refractivity contribution in [1.82, 2.24) is 0 Å². The molecular weight excluding hydrogens is 356 g/mol. The molecule has 1 aliphatic carbocycles. The highest BCUT2D eigenvalue weighted by Gasteiger charge is 2.46. The Morgan fingerprint density at radius 1 is 1.43 bits per heavy atom. The van der Waals surface area contributed by atoms with Crippen LogP contribution in [0.25, 0.3) is 0 Å². The molecule has 21 heavy (non-hydrogen) atoms. The maximum absolute atomic E-state index is 12.2. The smallest absolute Gasteiger partial charge is 0.225 e. The summed E-state index contributed by atoms with van der Waals surface area (Å²) in [7, 11) is -3.07. The van der Waals surface area contributed by atoms with Gasteiger partial charge in [-0.3, -0.25) is 4.79 Å². The van der Waals surface area contributed by atoms with E-state index in [1.807, 2.05) is 13.0 Å². The lowest BCUT2D eigenvalue weighted by Gasteiger charge is -2.15. The van der Waals surface area contributed by atoms with E-state index in [1.165, 1.54) is 6.26 Å². The van der Waals surface area contributed by atoms with Crippen LogP contribution in [0, 0.1) is 12.3 Å². The number of hydrogen-bond donors (Lipinski definition) is 2. The maximum Gasteiger partial charge on any atom is 0.225 e. The SMILES string of the molecule is Cc1cc(Br)cc(NC(=O)CC2(CS(C)(=O)=O)CC2)c1N. The molecule has 5 nitrogen and oxygen atoms in total. The second-order valence-electron chi connectivity index (χ2n) is 5.98. The van der Waals surface area contributed by atoms with Crippen molar-refractivity contribution in [3.05, 3.63) is 22.2 Å². The molecule has 1 saturated carbocycles. The highest BCUT2D eigenvalue weighted by Crippen LogP contribution is 2.50. The molecular formula is C14H19BrN2O3S. The highest BCUT2D eigenvalue weighted by atomic mass is 79.9. The summed E-state index contributed by atoms with van der Waals surface area (Å²) in [4.78, 5) is 12.2. The first-order valence-electron chi connectivity index (χ1n) is 6.63. The maximum atomic E-state index is 12.2. The average molecular weight is 375 g/mol. The van der Waals surface area contributed by atoms with Crippen molar-refractivity contribution in [1.29, 1.82) is 0 Å². The number of nitrogens with two attached hydrogens (primary N) is 1. The molecule has 116 valence electrons. The monoisotopic (exact) mass is 374 g/mol. The fourth-order valence-corrected chi connectivity index (χ4v) is 4.57. The number of halogens is 1. The predicted octanol–water partition coefficient (Wildman–Crippen LogP) is 2.49. The molecule has 1 aromatic carbocycles. The normalized spacial score (nSPS) is 16.5. The van der Waals surface area contributed by atoms with Crippen LogP contribution in [0.4, 0.5) is 11.4 Å². The Morgan fingerprint density at radius 2 is 2.05 bits per heavy atom. The molecule has 7 heteroatoms. The first-order chi connectivity index (χ1) is 9.60. The molecule has 0 radical (unpaired) electrons. The predicted molar refractivity (Wildman–Crippen MR) is 87.9 cm³/mol. The third-order valence-electron chi connectivity index (χ3n) is 3.69. The summed E-state index contributed by atoms with van der Waals surface area (Å²) in [6, 6.07) is 3.62. The summed E-state index contributed by atoms with van der Waals surface area (Å²) in [5.74, 6) is -0.124. The standard InChI is InChI=1S/C14H19BrN2O3S/c1-9-5-10(15)6-11(13(9)16)17-12(18)7-14(3-4-14)8-21(2,19)20/h5-6H,3-4,7-8,16H2,1-2H3,(H,17,18). The number of carbonyl (C=O) groups excluding carboxylic acids is 1. The summed E-state index contributed by atoms with van der Waals surface area (Å²) >= 11 is 3.36. The van der Waals surface area contributed by atoms with Gasteiger partial charge in [-0.15, -0.1) is 0 Å². The highest BCUT2D eigenvalue weighted by molar-refractivity contribution is 9.10. The van der Waals surface area contributed by atoms with E-state index in [1.54, 1.807) is 6.07 Å². The Bertz CT molecular complexity index is 682. The van der Waals surface area contributed by atoms with Crippen LogP contribution in [0.3, 0.4) is 0 Å². The molecule has 1 amide bonds. The van der Waals surface area contributed by atoms with Crippen LogP contribution in [-0.2, 0) is 14.6 Å². The number of aryl methyl sites for hydroxylation is 1. The lowest BCUT2D eigenvalue weighted by atomic mass is 10.0. The van der Waals surface area contributed by atoms with Crippen LogP contribution in [0.2, 0.25) is 0 Å². The second-order valence-corrected chi connectivity index (χ2v) is 9.03. The van der Waals surface area contributed by atoms with Crippen molar-refractivity contribution < 1.29 is 13.2 Å². The van der Waals surface area contributed by atoms with Gasteiger partial charge in [-0.05, 0) is 42.9 Å². The number of sulfone groups is 1. The van der Waals surface area contributed by atoms with Gasteiger partial charge in [0, 0.05) is 17.1 Å². The number of amides is 1. The fourth-order valence-electron chi connectivity index (χ4n) is 2.50. The number of anilines is 2. The molecule has 0 bridgehead atoms. The van der Waals surface area contributed by atoms with Gasteiger partial charge in [-0.1, -0.05) is 15.9 Å². The molecule has 3 N–H and O–H groups in total. The molecule has 0 unspecified atom stereocenters. The van der Waals surface area contributed by atoms with Crippen molar-refractivity contribution in [3.8, 4) is 0 Å². The van der Waals surface area contributed by atoms with Crippen molar-refractivity contribution in [2.24, 2.45) is 5.41 Å². The molecule has 1 aromatic rings. The van der Waals surface area contributed by atoms with Crippen LogP contribution in [0.15, 0.2) is 16.6 Å². The summed E-state index contributed by atoms with van der Waals surface area (Å²) in [5, 5.41) is 2.78. The molecule has 0 heterocycles. The van der Waals surface area contributed by atoms with Gasteiger partial charge in [0.05, 0.1) is 17.1 Å². The molecule has 1 aliphatic rings. The van der Waals surface area contributed by atoms with Gasteiger partial charge in [0.15, 0.2) is 0 Å². The number of hydrogen-bond acceptors (Lipinski definition) is 4. The van der Waals surface area contributed by atoms with Crippen LogP contribution >= 0.6 is 15.9 Å². The largest absolute Gasteiger partial charge is 0.397 e. The van der Waals surface area contributed by atoms with Gasteiger partial charge in [0.1, 0.15) is 9.84 Å². The third-order valence-corrected chi connectivity index (χ3v) is 5.28. The van der Waals surface area contributed by atoms with Gasteiger partial charge >= 0.3 is 0 Å². The summed E-state index contributed by atoms with van der Waals surface area (Å²) in [6.07, 6.45) is 2.98. The third kappa shape index (κ3) is 4.44. The molecule has 0 aromatic heterocycles. The number of rotatable bonds is 5. The number of nitrogens with one attached hydrogen (secondary N) is 1. The van der Waals surface area contributed by atoms with E-state index in [4.69, 9.17) is 5.73 Å². The summed E-state index contributed by atoms with van der Waals surface area (Å²) in [6.45, 7) is 1.86. The lowest BCUT2D eigenvalue weighted by Crippen LogP contribution is -2.23. The van der Waals surface area contributed by atoms with E-state index in [0.717, 1.165) is 22.9 Å². The van der Waals surface area contributed by atoms with Gasteiger partial charge in [0.2, 0.25) is 5.91 Å². The van der Waals surface area contributed by atoms with Crippen LogP contribution in [-0.4, -0.2) is 26.3 Å². The summed E-state index contributed by atoms with van der Waals surface area (Å²) in [5.41, 5.74) is 7.52. The Balaban J connectivity index is 2.06. The minimum absolute atomic E-state index is 0.0699. The topological polar surface area (TPSA) is 89.3 Å². The minimum atomic E-state index is -3.07. The van der Waals surface area contributed by atoms with Gasteiger partial charge in [-0.25, -0.2) is 8.42 Å². The van der Waals surface area contributed by atoms with E-state index in [2.05, 4.69) is 21.2 Å². The molecule has 0 aliphatic heterocycles. The number of carbonyl (C=O) groups is 1. The van der Waals surface area contributed by atoms with Crippen molar-refractivity contribution in [2.45, 2.75) is 26.2 Å². The minimum Gasteiger partial charge on any atom is -0.397 e. The Morgan fingerprint density at radius 3 is 2.57 bits per heavy atom. The van der Waals surface area contributed by atoms with Crippen molar-refractivity contribution in [2.75, 3.05) is 23.1 Å². The molecule has 1 fully saturated rings. The fraction of sp³-hybridized carbons (Fsp3) is 0.500. The number of nitrogen functional groups attached to an aromatic ring is 1. The van der Waals surface area contributed by atoms with Crippen molar-refractivity contribution >= 4 is 43.0 Å². The first kappa shape index (κ1) is 16.3. The van der Waals surface area contributed by atoms with Crippen LogP contribution in [0.5, 0.6) is 0 Å². The van der Waals surface area contributed by atoms with Crippen LogP contribution in [0.1, 0.15) is 24.8 Å². The van der Waals surface area contributed by atoms with Crippen LogP contribution < -0.4 is 11.1 Å². The second kappa shape index (κ2) is 5.61. The van der Waals surface area contributed by atoms with E-state index in [0.29, 0.717) is 11.4 Å². The zero-order chi connectivity index (χ0) is 15.8. The zero-order valence-corrected chi connectivity index (χ0v) is 14.5. The average Bonchev–Trinajstić information content (AvgIpc) is 3.01. The Hall–Kier alpha value is -1.08. The Labute approximate surface area is 133 Å².